The standard InChI is InChI=1S/C14H17N3O4S/c1-10-11(4-2-5-12(10)17(20)21)15-13(18)14(19)16-6-3-8-22-9-7-16/h2,4-5H,3,6-9H2,1H3,(H,15,18). The number of nitro benzene ring substituents is 1. The Labute approximate surface area is 132 Å². The number of amides is 2. The number of thioether (sulfide) groups is 1. The number of carbonyl (C=O) groups excluding carboxylic acids is 2. The number of nitrogens with one attached hydrogen (secondary N) is 1. The molecule has 0 radical (unpaired) electrons. The van der Waals surface area contributed by atoms with E-state index in [0.717, 1.165) is 17.9 Å². The molecule has 0 aliphatic carbocycles. The van der Waals surface area contributed by atoms with Gasteiger partial charge in [0, 0.05) is 24.9 Å². The van der Waals surface area contributed by atoms with Crippen molar-refractivity contribution in [3.05, 3.63) is 33.9 Å². The minimum atomic E-state index is -0.754. The molecule has 0 saturated carbocycles. The van der Waals surface area contributed by atoms with E-state index in [-0.39, 0.29) is 11.4 Å². The molecule has 0 spiro atoms. The highest BCUT2D eigenvalue weighted by atomic mass is 32.2. The van der Waals surface area contributed by atoms with Crippen LogP contribution < -0.4 is 5.32 Å². The Morgan fingerprint density at radius 2 is 2.09 bits per heavy atom. The van der Waals surface area contributed by atoms with Crippen molar-refractivity contribution in [2.24, 2.45) is 0 Å². The van der Waals surface area contributed by atoms with Gasteiger partial charge in [-0.25, -0.2) is 0 Å². The summed E-state index contributed by atoms with van der Waals surface area (Å²) in [6.45, 7) is 2.65. The van der Waals surface area contributed by atoms with Crippen LogP contribution in [0.2, 0.25) is 0 Å². The van der Waals surface area contributed by atoms with Crippen molar-refractivity contribution in [1.82, 2.24) is 4.90 Å². The van der Waals surface area contributed by atoms with Crippen LogP contribution in [0.1, 0.15) is 12.0 Å². The number of nitro groups is 1. The highest BCUT2D eigenvalue weighted by molar-refractivity contribution is 7.99. The molecule has 2 amide bonds. The number of anilines is 1. The molecule has 0 bridgehead atoms. The van der Waals surface area contributed by atoms with Gasteiger partial charge in [-0.05, 0) is 25.2 Å². The number of hydrogen-bond donors (Lipinski definition) is 1. The van der Waals surface area contributed by atoms with Gasteiger partial charge >= 0.3 is 11.8 Å². The molecular weight excluding hydrogens is 306 g/mol. The maximum absolute atomic E-state index is 12.2. The minimum Gasteiger partial charge on any atom is -0.334 e. The minimum absolute atomic E-state index is 0.0866. The quantitative estimate of drug-likeness (QED) is 0.509. The molecule has 1 fully saturated rings. The highest BCUT2D eigenvalue weighted by Crippen LogP contribution is 2.25. The van der Waals surface area contributed by atoms with Gasteiger partial charge in [-0.2, -0.15) is 11.8 Å². The van der Waals surface area contributed by atoms with E-state index in [2.05, 4.69) is 5.32 Å². The third-order valence-corrected chi connectivity index (χ3v) is 4.50. The van der Waals surface area contributed by atoms with Crippen LogP contribution in [0, 0.1) is 17.0 Å². The Morgan fingerprint density at radius 3 is 2.82 bits per heavy atom. The second-order valence-electron chi connectivity index (χ2n) is 4.92. The Bertz CT molecular complexity index is 598. The predicted molar refractivity (Wildman–Crippen MR) is 85.0 cm³/mol. The summed E-state index contributed by atoms with van der Waals surface area (Å²) in [4.78, 5) is 36.1. The number of rotatable bonds is 2. The Balaban J connectivity index is 2.09. The smallest absolute Gasteiger partial charge is 0.313 e. The third-order valence-electron chi connectivity index (χ3n) is 3.45. The molecule has 1 aromatic rings. The molecule has 0 aromatic heterocycles. The Hall–Kier alpha value is -2.09. The normalized spacial score (nSPS) is 15.0. The van der Waals surface area contributed by atoms with Crippen LogP contribution in [-0.4, -0.2) is 46.2 Å². The predicted octanol–water partition coefficient (Wildman–Crippen LogP) is 1.81. The second-order valence-corrected chi connectivity index (χ2v) is 6.14. The van der Waals surface area contributed by atoms with E-state index in [4.69, 9.17) is 0 Å². The summed E-state index contributed by atoms with van der Waals surface area (Å²) in [5.41, 5.74) is 0.535. The summed E-state index contributed by atoms with van der Waals surface area (Å²) in [5.74, 6) is 0.452. The monoisotopic (exact) mass is 323 g/mol. The third kappa shape index (κ3) is 3.76. The van der Waals surface area contributed by atoms with E-state index in [1.807, 2.05) is 0 Å². The highest BCUT2D eigenvalue weighted by Gasteiger charge is 2.24. The maximum Gasteiger partial charge on any atom is 0.313 e. The van der Waals surface area contributed by atoms with E-state index in [0.29, 0.717) is 18.7 Å². The fraction of sp³-hybridized carbons (Fsp3) is 0.429. The molecule has 118 valence electrons. The fourth-order valence-electron chi connectivity index (χ4n) is 2.23. The molecule has 22 heavy (non-hydrogen) atoms. The van der Waals surface area contributed by atoms with Crippen LogP contribution in [0.3, 0.4) is 0 Å². The molecule has 1 saturated heterocycles. The van der Waals surface area contributed by atoms with Crippen molar-refractivity contribution in [2.75, 3.05) is 29.9 Å². The van der Waals surface area contributed by atoms with Crippen LogP contribution in [-0.2, 0) is 9.59 Å². The zero-order valence-electron chi connectivity index (χ0n) is 12.2. The molecule has 1 heterocycles. The zero-order chi connectivity index (χ0) is 16.1. The first-order chi connectivity index (χ1) is 10.5. The average Bonchev–Trinajstić information content (AvgIpc) is 2.77. The number of hydrogen-bond acceptors (Lipinski definition) is 5. The van der Waals surface area contributed by atoms with Crippen molar-refractivity contribution in [3.8, 4) is 0 Å². The van der Waals surface area contributed by atoms with Gasteiger partial charge in [0.25, 0.3) is 5.69 Å². The molecule has 7 nitrogen and oxygen atoms in total. The molecule has 0 atom stereocenters. The van der Waals surface area contributed by atoms with Crippen LogP contribution in [0.25, 0.3) is 0 Å². The maximum atomic E-state index is 12.2. The van der Waals surface area contributed by atoms with E-state index >= 15 is 0 Å². The lowest BCUT2D eigenvalue weighted by molar-refractivity contribution is -0.385. The lowest BCUT2D eigenvalue weighted by atomic mass is 10.1. The largest absolute Gasteiger partial charge is 0.334 e. The first-order valence-electron chi connectivity index (χ1n) is 6.92. The molecule has 1 N–H and O–H groups in total. The van der Waals surface area contributed by atoms with Gasteiger partial charge in [-0.3, -0.25) is 19.7 Å². The van der Waals surface area contributed by atoms with Gasteiger partial charge in [0.1, 0.15) is 0 Å². The molecule has 1 aromatic carbocycles. The van der Waals surface area contributed by atoms with Crippen molar-refractivity contribution in [1.29, 1.82) is 0 Å². The Kier molecular flexibility index (Phi) is 5.37. The van der Waals surface area contributed by atoms with Gasteiger partial charge in [-0.1, -0.05) is 6.07 Å². The summed E-state index contributed by atoms with van der Waals surface area (Å²) in [7, 11) is 0. The Morgan fingerprint density at radius 1 is 1.32 bits per heavy atom. The van der Waals surface area contributed by atoms with Crippen molar-refractivity contribution in [3.63, 3.8) is 0 Å². The number of carbonyl (C=O) groups is 2. The van der Waals surface area contributed by atoms with E-state index in [1.165, 1.54) is 17.0 Å². The average molecular weight is 323 g/mol. The van der Waals surface area contributed by atoms with Gasteiger partial charge in [0.15, 0.2) is 0 Å². The van der Waals surface area contributed by atoms with Gasteiger partial charge in [0.05, 0.1) is 16.2 Å². The lowest BCUT2D eigenvalue weighted by Gasteiger charge is -2.19. The van der Waals surface area contributed by atoms with Crippen molar-refractivity contribution < 1.29 is 14.5 Å². The molecular formula is C14H17N3O4S. The van der Waals surface area contributed by atoms with Crippen LogP contribution in [0.4, 0.5) is 11.4 Å². The van der Waals surface area contributed by atoms with Gasteiger partial charge in [-0.15, -0.1) is 0 Å². The van der Waals surface area contributed by atoms with Gasteiger partial charge < -0.3 is 10.2 Å². The first kappa shape index (κ1) is 16.3. The topological polar surface area (TPSA) is 92.6 Å². The van der Waals surface area contributed by atoms with E-state index in [1.54, 1.807) is 24.8 Å². The molecule has 1 aliphatic rings. The van der Waals surface area contributed by atoms with Crippen LogP contribution >= 0.6 is 11.8 Å². The first-order valence-corrected chi connectivity index (χ1v) is 8.08. The van der Waals surface area contributed by atoms with Crippen LogP contribution in [0.15, 0.2) is 18.2 Å². The molecule has 8 heteroatoms. The van der Waals surface area contributed by atoms with Crippen LogP contribution in [0.5, 0.6) is 0 Å². The van der Waals surface area contributed by atoms with Crippen molar-refractivity contribution >= 4 is 35.0 Å². The molecule has 1 aliphatic heterocycles. The molecule has 0 unspecified atom stereocenters. The van der Waals surface area contributed by atoms with E-state index < -0.39 is 16.7 Å². The van der Waals surface area contributed by atoms with Crippen molar-refractivity contribution in [2.45, 2.75) is 13.3 Å². The zero-order valence-corrected chi connectivity index (χ0v) is 13.0. The molecule has 2 rings (SSSR count). The summed E-state index contributed by atoms with van der Waals surface area (Å²) in [6, 6.07) is 4.39. The number of nitrogens with zero attached hydrogens (tertiary/aromatic N) is 2. The number of benzene rings is 1. The summed E-state index contributed by atoms with van der Waals surface area (Å²) < 4.78 is 0. The summed E-state index contributed by atoms with van der Waals surface area (Å²) in [6.07, 6.45) is 0.861. The van der Waals surface area contributed by atoms with E-state index in [9.17, 15) is 19.7 Å². The van der Waals surface area contributed by atoms with Gasteiger partial charge in [0.2, 0.25) is 0 Å². The summed E-state index contributed by atoms with van der Waals surface area (Å²) in [5, 5.41) is 13.4. The summed E-state index contributed by atoms with van der Waals surface area (Å²) >= 11 is 1.76. The SMILES string of the molecule is Cc1c(NC(=O)C(=O)N2CCCSCC2)cccc1[N+](=O)[O-]. The lowest BCUT2D eigenvalue weighted by Crippen LogP contribution is -2.41. The second kappa shape index (κ2) is 7.26. The fourth-order valence-corrected chi connectivity index (χ4v) is 3.11.